The van der Waals surface area contributed by atoms with Gasteiger partial charge in [0.25, 0.3) is 5.91 Å². The van der Waals surface area contributed by atoms with Crippen LogP contribution in [0.15, 0.2) is 18.3 Å². The largest absolute Gasteiger partial charge is 0.475 e. The number of hydrogen-bond donors (Lipinski definition) is 0. The maximum absolute atomic E-state index is 12.6. The van der Waals surface area contributed by atoms with E-state index in [1.165, 1.54) is 11.5 Å². The molecule has 3 rings (SSSR count). The quantitative estimate of drug-likeness (QED) is 0.813. The lowest BCUT2D eigenvalue weighted by molar-refractivity contribution is 0.0746. The Hall–Kier alpha value is -2.22. The van der Waals surface area contributed by atoms with Gasteiger partial charge in [0.05, 0.1) is 11.7 Å². The fourth-order valence-electron chi connectivity index (χ4n) is 2.62. The highest BCUT2D eigenvalue weighted by atomic mass is 32.1. The zero-order valence-corrected chi connectivity index (χ0v) is 15.6. The van der Waals surface area contributed by atoms with Gasteiger partial charge >= 0.3 is 0 Å². The molecule has 0 atom stereocenters. The Kier molecular flexibility index (Phi) is 5.47. The monoisotopic (exact) mass is 361 g/mol. The van der Waals surface area contributed by atoms with E-state index in [2.05, 4.69) is 19.2 Å². The van der Waals surface area contributed by atoms with E-state index in [1.54, 1.807) is 18.3 Å². The lowest BCUT2D eigenvalue weighted by Crippen LogP contribution is -2.48. The first-order valence-electron chi connectivity index (χ1n) is 8.56. The Balaban J connectivity index is 1.57. The highest BCUT2D eigenvalue weighted by Gasteiger charge is 2.24. The normalized spacial score (nSPS) is 14.9. The van der Waals surface area contributed by atoms with Gasteiger partial charge in [0, 0.05) is 56.4 Å². The number of piperazine rings is 1. The molecule has 25 heavy (non-hydrogen) atoms. The summed E-state index contributed by atoms with van der Waals surface area (Å²) in [6, 6.07) is 3.52. The van der Waals surface area contributed by atoms with E-state index < -0.39 is 0 Å². The van der Waals surface area contributed by atoms with Crippen molar-refractivity contribution in [2.45, 2.75) is 33.3 Å². The molecule has 1 saturated heterocycles. The molecule has 1 fully saturated rings. The van der Waals surface area contributed by atoms with Crippen LogP contribution in [0.2, 0.25) is 0 Å². The summed E-state index contributed by atoms with van der Waals surface area (Å²) >= 11 is 1.43. The number of amides is 1. The molecule has 7 nitrogen and oxygen atoms in total. The van der Waals surface area contributed by atoms with E-state index in [9.17, 15) is 4.79 Å². The number of ether oxygens (including phenoxy) is 1. The van der Waals surface area contributed by atoms with Gasteiger partial charge in [0.15, 0.2) is 0 Å². The molecule has 0 aliphatic carbocycles. The fraction of sp³-hybridized carbons (Fsp3) is 0.529. The lowest BCUT2D eigenvalue weighted by Gasteiger charge is -2.34. The average molecular weight is 361 g/mol. The van der Waals surface area contributed by atoms with E-state index in [-0.39, 0.29) is 12.0 Å². The summed E-state index contributed by atoms with van der Waals surface area (Å²) in [5, 5.41) is 0.945. The highest BCUT2D eigenvalue weighted by molar-refractivity contribution is 7.09. The molecule has 1 amide bonds. The van der Waals surface area contributed by atoms with E-state index in [0.29, 0.717) is 24.5 Å². The van der Waals surface area contributed by atoms with E-state index in [4.69, 9.17) is 4.74 Å². The number of rotatable bonds is 5. The van der Waals surface area contributed by atoms with Gasteiger partial charge in [-0.05, 0) is 19.9 Å². The van der Waals surface area contributed by atoms with E-state index >= 15 is 0 Å². The smallest absolute Gasteiger partial charge is 0.255 e. The van der Waals surface area contributed by atoms with Gasteiger partial charge in [0.2, 0.25) is 11.0 Å². The average Bonchev–Trinajstić information content (AvgIpc) is 3.11. The predicted molar refractivity (Wildman–Crippen MR) is 97.4 cm³/mol. The molecule has 0 N–H and O–H groups in total. The van der Waals surface area contributed by atoms with Gasteiger partial charge in [-0.15, -0.1) is 0 Å². The number of hydrogen-bond acceptors (Lipinski definition) is 7. The first kappa shape index (κ1) is 17.6. The molecule has 2 aromatic rings. The Morgan fingerprint density at radius 3 is 2.60 bits per heavy atom. The van der Waals surface area contributed by atoms with Crippen LogP contribution in [0.3, 0.4) is 0 Å². The molecule has 1 aliphatic heterocycles. The molecule has 0 unspecified atom stereocenters. The summed E-state index contributed by atoms with van der Waals surface area (Å²) in [6.45, 7) is 8.82. The first-order chi connectivity index (χ1) is 12.1. The number of anilines is 1. The summed E-state index contributed by atoms with van der Waals surface area (Å²) in [5.74, 6) is 1.43. The third-order valence-corrected chi connectivity index (χ3v) is 4.77. The van der Waals surface area contributed by atoms with Crippen molar-refractivity contribution in [1.82, 2.24) is 19.2 Å². The van der Waals surface area contributed by atoms with Gasteiger partial charge in [-0.25, -0.2) is 9.97 Å². The second kappa shape index (κ2) is 7.77. The predicted octanol–water partition coefficient (Wildman–Crippen LogP) is 2.25. The van der Waals surface area contributed by atoms with Crippen molar-refractivity contribution in [2.24, 2.45) is 0 Å². The van der Waals surface area contributed by atoms with Crippen molar-refractivity contribution in [2.75, 3.05) is 31.1 Å². The number of aryl methyl sites for hydroxylation is 1. The minimum absolute atomic E-state index is 0.00904. The molecule has 134 valence electrons. The number of aromatic nitrogens is 3. The lowest BCUT2D eigenvalue weighted by atomic mass is 10.2. The van der Waals surface area contributed by atoms with Crippen LogP contribution < -0.4 is 9.64 Å². The summed E-state index contributed by atoms with van der Waals surface area (Å²) in [5.41, 5.74) is 0.591. The second-order valence-corrected chi connectivity index (χ2v) is 6.91. The summed E-state index contributed by atoms with van der Waals surface area (Å²) < 4.78 is 9.84. The molecular weight excluding hydrogens is 338 g/mol. The molecule has 0 saturated carbocycles. The Bertz CT molecular complexity index is 708. The zero-order chi connectivity index (χ0) is 17.8. The molecule has 1 aliphatic rings. The SMILES string of the molecule is CCc1nsc(N2CCN(C(=O)c3ccc(OC(C)C)nc3)CC2)n1. The first-order valence-corrected chi connectivity index (χ1v) is 9.33. The maximum atomic E-state index is 12.6. The third kappa shape index (κ3) is 4.25. The van der Waals surface area contributed by atoms with Crippen molar-refractivity contribution >= 4 is 22.6 Å². The number of carbonyl (C=O) groups is 1. The highest BCUT2D eigenvalue weighted by Crippen LogP contribution is 2.20. The Morgan fingerprint density at radius 1 is 1.28 bits per heavy atom. The van der Waals surface area contributed by atoms with E-state index in [0.717, 1.165) is 30.5 Å². The molecule has 3 heterocycles. The topological polar surface area (TPSA) is 71.5 Å². The maximum Gasteiger partial charge on any atom is 0.255 e. The van der Waals surface area contributed by atoms with Gasteiger partial charge in [-0.2, -0.15) is 4.37 Å². The Labute approximate surface area is 151 Å². The molecule has 0 spiro atoms. The van der Waals surface area contributed by atoms with Gasteiger partial charge in [-0.3, -0.25) is 4.79 Å². The van der Waals surface area contributed by atoms with Crippen LogP contribution in [0.5, 0.6) is 5.88 Å². The number of pyridine rings is 1. The molecule has 0 aromatic carbocycles. The van der Waals surface area contributed by atoms with Gasteiger partial charge < -0.3 is 14.5 Å². The van der Waals surface area contributed by atoms with Crippen LogP contribution in [-0.4, -0.2) is 57.4 Å². The van der Waals surface area contributed by atoms with Crippen LogP contribution in [0.1, 0.15) is 37.0 Å². The minimum Gasteiger partial charge on any atom is -0.475 e. The number of carbonyl (C=O) groups excluding carboxylic acids is 1. The van der Waals surface area contributed by atoms with Crippen molar-refractivity contribution in [1.29, 1.82) is 0 Å². The third-order valence-electron chi connectivity index (χ3n) is 3.95. The Morgan fingerprint density at radius 2 is 2.04 bits per heavy atom. The molecule has 0 bridgehead atoms. The van der Waals surface area contributed by atoms with Crippen LogP contribution in [-0.2, 0) is 6.42 Å². The molecule has 0 radical (unpaired) electrons. The summed E-state index contributed by atoms with van der Waals surface area (Å²) in [4.78, 5) is 25.4. The molecule has 8 heteroatoms. The summed E-state index contributed by atoms with van der Waals surface area (Å²) in [7, 11) is 0. The van der Waals surface area contributed by atoms with Crippen molar-refractivity contribution < 1.29 is 9.53 Å². The van der Waals surface area contributed by atoms with Gasteiger partial charge in [-0.1, -0.05) is 6.92 Å². The van der Waals surface area contributed by atoms with E-state index in [1.807, 2.05) is 25.7 Å². The summed E-state index contributed by atoms with van der Waals surface area (Å²) in [6.07, 6.45) is 2.50. The van der Waals surface area contributed by atoms with Crippen molar-refractivity contribution in [3.05, 3.63) is 29.7 Å². The van der Waals surface area contributed by atoms with Crippen LogP contribution in [0.25, 0.3) is 0 Å². The second-order valence-electron chi connectivity index (χ2n) is 6.18. The zero-order valence-electron chi connectivity index (χ0n) is 14.8. The fourth-order valence-corrected chi connectivity index (χ4v) is 3.42. The standard InChI is InChI=1S/C17H23N5O2S/c1-4-14-19-17(25-20-14)22-9-7-21(8-10-22)16(23)13-5-6-15(18-11-13)24-12(2)3/h5-6,11-12H,4,7-10H2,1-3H3. The molecular formula is C17H23N5O2S. The van der Waals surface area contributed by atoms with Crippen molar-refractivity contribution in [3.8, 4) is 5.88 Å². The van der Waals surface area contributed by atoms with Crippen molar-refractivity contribution in [3.63, 3.8) is 0 Å². The molecule has 2 aromatic heterocycles. The number of nitrogens with zero attached hydrogens (tertiary/aromatic N) is 5. The minimum atomic E-state index is 0.00904. The van der Waals surface area contributed by atoms with Crippen LogP contribution >= 0.6 is 11.5 Å². The van der Waals surface area contributed by atoms with Crippen LogP contribution in [0, 0.1) is 0 Å². The van der Waals surface area contributed by atoms with Crippen LogP contribution in [0.4, 0.5) is 5.13 Å². The van der Waals surface area contributed by atoms with Gasteiger partial charge in [0.1, 0.15) is 5.82 Å².